The number of ketones is 1. The maximum atomic E-state index is 12.6. The highest BCUT2D eigenvalue weighted by molar-refractivity contribution is 6.30. The number of hydrogen-bond acceptors (Lipinski definition) is 5. The molecule has 1 unspecified atom stereocenters. The Bertz CT molecular complexity index is 864. The molecule has 0 aromatic heterocycles. The Balaban J connectivity index is 1.81. The second-order valence-corrected chi connectivity index (χ2v) is 7.40. The van der Waals surface area contributed by atoms with E-state index in [0.29, 0.717) is 23.9 Å². The Morgan fingerprint density at radius 3 is 2.75 bits per heavy atom. The van der Waals surface area contributed by atoms with Gasteiger partial charge in [0.2, 0.25) is 0 Å². The van der Waals surface area contributed by atoms with Crippen LogP contribution in [0.1, 0.15) is 34.3 Å². The van der Waals surface area contributed by atoms with E-state index in [1.54, 1.807) is 24.3 Å². The van der Waals surface area contributed by atoms with Gasteiger partial charge in [0, 0.05) is 29.7 Å². The SMILES string of the molecule is COc1cc(O)c(C(=O)/C=C/c2ccc(Cl)cc2)cc1CN1CCCC(O)C1. The number of hydrogen-bond donors (Lipinski definition) is 2. The molecular formula is C22H24ClNO4. The van der Waals surface area contributed by atoms with Crippen LogP contribution in [0.3, 0.4) is 0 Å². The first-order chi connectivity index (χ1) is 13.5. The van der Waals surface area contributed by atoms with Crippen molar-refractivity contribution in [3.8, 4) is 11.5 Å². The van der Waals surface area contributed by atoms with Gasteiger partial charge in [0.1, 0.15) is 11.5 Å². The van der Waals surface area contributed by atoms with Crippen molar-refractivity contribution in [2.45, 2.75) is 25.5 Å². The van der Waals surface area contributed by atoms with E-state index >= 15 is 0 Å². The number of benzene rings is 2. The van der Waals surface area contributed by atoms with E-state index in [1.807, 2.05) is 12.1 Å². The summed E-state index contributed by atoms with van der Waals surface area (Å²) in [6, 6.07) is 10.3. The quantitative estimate of drug-likeness (QED) is 0.567. The smallest absolute Gasteiger partial charge is 0.189 e. The van der Waals surface area contributed by atoms with Gasteiger partial charge in [-0.25, -0.2) is 0 Å². The highest BCUT2D eigenvalue weighted by atomic mass is 35.5. The molecule has 1 aliphatic heterocycles. The monoisotopic (exact) mass is 401 g/mol. The van der Waals surface area contributed by atoms with E-state index < -0.39 is 0 Å². The minimum atomic E-state index is -0.333. The van der Waals surface area contributed by atoms with Crippen molar-refractivity contribution in [1.82, 2.24) is 4.90 Å². The molecule has 0 radical (unpaired) electrons. The van der Waals surface area contributed by atoms with Crippen LogP contribution in [0.15, 0.2) is 42.5 Å². The van der Waals surface area contributed by atoms with Gasteiger partial charge in [-0.15, -0.1) is 0 Å². The Labute approximate surface area is 169 Å². The minimum Gasteiger partial charge on any atom is -0.507 e. The number of ether oxygens (including phenoxy) is 1. The van der Waals surface area contributed by atoms with Gasteiger partial charge in [-0.1, -0.05) is 29.8 Å². The van der Waals surface area contributed by atoms with Crippen LogP contribution in [0, 0.1) is 0 Å². The number of carbonyl (C=O) groups is 1. The third-order valence-electron chi connectivity index (χ3n) is 4.84. The summed E-state index contributed by atoms with van der Waals surface area (Å²) < 4.78 is 5.38. The van der Waals surface area contributed by atoms with Crippen LogP contribution in [0.5, 0.6) is 11.5 Å². The predicted octanol–water partition coefficient (Wildman–Crippen LogP) is 3.91. The van der Waals surface area contributed by atoms with Crippen molar-refractivity contribution in [2.75, 3.05) is 20.2 Å². The highest BCUT2D eigenvalue weighted by Gasteiger charge is 2.21. The number of phenols is 1. The number of piperidine rings is 1. The molecule has 5 nitrogen and oxygen atoms in total. The van der Waals surface area contributed by atoms with Crippen LogP contribution in [0.2, 0.25) is 5.02 Å². The fraction of sp³-hybridized carbons (Fsp3) is 0.318. The number of halogens is 1. The summed E-state index contributed by atoms with van der Waals surface area (Å²) in [4.78, 5) is 14.8. The Hall–Kier alpha value is -2.34. The maximum absolute atomic E-state index is 12.6. The zero-order valence-electron chi connectivity index (χ0n) is 15.8. The summed E-state index contributed by atoms with van der Waals surface area (Å²) in [5, 5.41) is 20.8. The average Bonchev–Trinajstić information content (AvgIpc) is 2.68. The molecule has 0 bridgehead atoms. The lowest BCUT2D eigenvalue weighted by Gasteiger charge is -2.30. The molecule has 0 saturated carbocycles. The van der Waals surface area contributed by atoms with E-state index in [0.717, 1.165) is 30.5 Å². The molecule has 1 heterocycles. The third kappa shape index (κ3) is 5.13. The van der Waals surface area contributed by atoms with E-state index in [9.17, 15) is 15.0 Å². The second kappa shape index (κ2) is 9.24. The lowest BCUT2D eigenvalue weighted by molar-refractivity contribution is 0.0664. The van der Waals surface area contributed by atoms with Crippen LogP contribution >= 0.6 is 11.6 Å². The maximum Gasteiger partial charge on any atom is 0.189 e. The van der Waals surface area contributed by atoms with Crippen molar-refractivity contribution in [2.24, 2.45) is 0 Å². The second-order valence-electron chi connectivity index (χ2n) is 6.96. The van der Waals surface area contributed by atoms with Crippen molar-refractivity contribution in [1.29, 1.82) is 0 Å². The summed E-state index contributed by atoms with van der Waals surface area (Å²) in [5.41, 5.74) is 1.87. The fourth-order valence-electron chi connectivity index (χ4n) is 3.38. The van der Waals surface area contributed by atoms with Gasteiger partial charge in [-0.2, -0.15) is 0 Å². The number of carbonyl (C=O) groups excluding carboxylic acids is 1. The van der Waals surface area contributed by atoms with Crippen LogP contribution in [-0.2, 0) is 6.54 Å². The first-order valence-corrected chi connectivity index (χ1v) is 9.62. The Morgan fingerprint density at radius 1 is 1.32 bits per heavy atom. The number of phenolic OH excluding ortho intramolecular Hbond substituents is 1. The molecule has 2 aromatic carbocycles. The summed E-state index contributed by atoms with van der Waals surface area (Å²) in [7, 11) is 1.53. The number of β-amino-alcohol motifs (C(OH)–C–C–N with tert-alkyl or cyclic N) is 1. The van der Waals surface area contributed by atoms with Crippen molar-refractivity contribution < 1.29 is 19.7 Å². The molecule has 2 aromatic rings. The van der Waals surface area contributed by atoms with Crippen LogP contribution in [-0.4, -0.2) is 47.2 Å². The number of aromatic hydroxyl groups is 1. The number of likely N-dealkylation sites (tertiary alicyclic amines) is 1. The lowest BCUT2D eigenvalue weighted by atomic mass is 10.0. The average molecular weight is 402 g/mol. The number of nitrogens with zero attached hydrogens (tertiary/aromatic N) is 1. The lowest BCUT2D eigenvalue weighted by Crippen LogP contribution is -2.37. The largest absolute Gasteiger partial charge is 0.507 e. The molecule has 3 rings (SSSR count). The zero-order valence-corrected chi connectivity index (χ0v) is 16.5. The van der Waals surface area contributed by atoms with Crippen molar-refractivity contribution in [3.63, 3.8) is 0 Å². The van der Waals surface area contributed by atoms with Crippen LogP contribution in [0.4, 0.5) is 0 Å². The van der Waals surface area contributed by atoms with E-state index in [2.05, 4.69) is 4.90 Å². The molecule has 0 amide bonds. The first kappa shape index (κ1) is 20.4. The van der Waals surface area contributed by atoms with Gasteiger partial charge in [0.15, 0.2) is 5.78 Å². The highest BCUT2D eigenvalue weighted by Crippen LogP contribution is 2.30. The summed E-state index contributed by atoms with van der Waals surface area (Å²) in [5.74, 6) is 0.107. The molecule has 0 spiro atoms. The third-order valence-corrected chi connectivity index (χ3v) is 5.09. The molecule has 1 aliphatic rings. The first-order valence-electron chi connectivity index (χ1n) is 9.24. The number of aliphatic hydroxyl groups excluding tert-OH is 1. The predicted molar refractivity (Wildman–Crippen MR) is 110 cm³/mol. The standard InChI is InChI=1S/C22H24ClNO4/c1-28-22-12-21(27)19(11-16(22)13-24-10-2-3-18(25)14-24)20(26)9-6-15-4-7-17(23)8-5-15/h4-9,11-12,18,25,27H,2-3,10,13-14H2,1H3/b9-6+. The summed E-state index contributed by atoms with van der Waals surface area (Å²) in [6.07, 6.45) is 4.52. The summed E-state index contributed by atoms with van der Waals surface area (Å²) in [6.45, 7) is 2.01. The zero-order chi connectivity index (χ0) is 20.1. The molecule has 0 aliphatic carbocycles. The summed E-state index contributed by atoms with van der Waals surface area (Å²) >= 11 is 5.87. The van der Waals surface area contributed by atoms with Gasteiger partial charge in [0.05, 0.1) is 18.8 Å². The number of aliphatic hydroxyl groups is 1. The minimum absolute atomic E-state index is 0.120. The number of rotatable bonds is 6. The van der Waals surface area contributed by atoms with E-state index in [-0.39, 0.29) is 23.2 Å². The number of methoxy groups -OCH3 is 1. The van der Waals surface area contributed by atoms with Gasteiger partial charge in [0.25, 0.3) is 0 Å². The molecule has 28 heavy (non-hydrogen) atoms. The van der Waals surface area contributed by atoms with Crippen molar-refractivity contribution in [3.05, 3.63) is 64.2 Å². The molecular weight excluding hydrogens is 378 g/mol. The Kier molecular flexibility index (Phi) is 6.73. The Morgan fingerprint density at radius 2 is 2.07 bits per heavy atom. The van der Waals surface area contributed by atoms with E-state index in [1.165, 1.54) is 19.3 Å². The van der Waals surface area contributed by atoms with Gasteiger partial charge >= 0.3 is 0 Å². The van der Waals surface area contributed by atoms with Crippen LogP contribution < -0.4 is 4.74 Å². The topological polar surface area (TPSA) is 70.0 Å². The molecule has 1 saturated heterocycles. The van der Waals surface area contributed by atoms with E-state index in [4.69, 9.17) is 16.3 Å². The van der Waals surface area contributed by atoms with Gasteiger partial charge in [-0.3, -0.25) is 9.69 Å². The van der Waals surface area contributed by atoms with Gasteiger partial charge < -0.3 is 14.9 Å². The van der Waals surface area contributed by atoms with Gasteiger partial charge in [-0.05, 0) is 49.2 Å². The molecule has 1 atom stereocenters. The van der Waals surface area contributed by atoms with Crippen LogP contribution in [0.25, 0.3) is 6.08 Å². The van der Waals surface area contributed by atoms with Crippen molar-refractivity contribution >= 4 is 23.5 Å². The normalized spacial score (nSPS) is 17.8. The fourth-order valence-corrected chi connectivity index (χ4v) is 3.50. The molecule has 148 valence electrons. The molecule has 1 fully saturated rings. The molecule has 6 heteroatoms. The number of allylic oxidation sites excluding steroid dienone is 1. The molecule has 2 N–H and O–H groups in total.